The normalized spacial score (nSPS) is 11.9. The maximum atomic E-state index is 12.6. The van der Waals surface area contributed by atoms with E-state index in [1.165, 1.54) is 16.8 Å². The van der Waals surface area contributed by atoms with Crippen LogP contribution in [0.15, 0.2) is 40.0 Å². The third kappa shape index (κ3) is 3.72. The maximum Gasteiger partial charge on any atom is 0.422 e. The zero-order chi connectivity index (χ0) is 18.9. The van der Waals surface area contributed by atoms with Gasteiger partial charge in [-0.25, -0.2) is 4.98 Å². The first-order valence-electron chi connectivity index (χ1n) is 7.55. The van der Waals surface area contributed by atoms with E-state index in [2.05, 4.69) is 4.98 Å². The maximum absolute atomic E-state index is 12.6. The van der Waals surface area contributed by atoms with Crippen LogP contribution in [-0.2, 0) is 12.8 Å². The molecule has 5 nitrogen and oxygen atoms in total. The zero-order valence-corrected chi connectivity index (χ0v) is 14.8. The number of hydrogen-bond donors (Lipinski definition) is 0. The van der Waals surface area contributed by atoms with Gasteiger partial charge in [0.15, 0.2) is 24.1 Å². The Bertz CT molecular complexity index is 995. The Morgan fingerprint density at radius 2 is 2.08 bits per heavy atom. The molecule has 0 N–H and O–H groups in total. The van der Waals surface area contributed by atoms with Crippen molar-refractivity contribution in [3.8, 4) is 16.9 Å². The van der Waals surface area contributed by atoms with Gasteiger partial charge in [0, 0.05) is 30.1 Å². The molecule has 0 amide bonds. The third-order valence-corrected chi connectivity index (χ3v) is 4.32. The van der Waals surface area contributed by atoms with E-state index in [4.69, 9.17) is 9.15 Å². The van der Waals surface area contributed by atoms with Gasteiger partial charge >= 0.3 is 6.18 Å². The molecule has 0 fully saturated rings. The lowest BCUT2D eigenvalue weighted by molar-refractivity contribution is -0.153. The molecule has 26 heavy (non-hydrogen) atoms. The lowest BCUT2D eigenvalue weighted by Gasteiger charge is -2.15. The van der Waals surface area contributed by atoms with Gasteiger partial charge < -0.3 is 13.7 Å². The largest absolute Gasteiger partial charge is 0.483 e. The first-order chi connectivity index (χ1) is 12.3. The number of pyridine rings is 1. The highest BCUT2D eigenvalue weighted by atomic mass is 32.2. The van der Waals surface area contributed by atoms with E-state index in [0.717, 1.165) is 12.0 Å². The van der Waals surface area contributed by atoms with Gasteiger partial charge in [0.1, 0.15) is 5.75 Å². The van der Waals surface area contributed by atoms with Crippen LogP contribution in [0, 0.1) is 0 Å². The first kappa shape index (κ1) is 18.4. The summed E-state index contributed by atoms with van der Waals surface area (Å²) in [6, 6.07) is 4.95. The smallest absolute Gasteiger partial charge is 0.422 e. The molecule has 1 aromatic carbocycles. The van der Waals surface area contributed by atoms with E-state index in [-0.39, 0.29) is 22.4 Å². The number of hydrogen-bond acceptors (Lipinski definition) is 5. The fourth-order valence-electron chi connectivity index (χ4n) is 2.59. The Morgan fingerprint density at radius 1 is 1.31 bits per heavy atom. The average molecular weight is 384 g/mol. The molecule has 0 aliphatic rings. The second kappa shape index (κ2) is 7.06. The lowest BCUT2D eigenvalue weighted by Crippen LogP contribution is -2.20. The van der Waals surface area contributed by atoms with Crippen LogP contribution in [0.1, 0.15) is 5.56 Å². The number of fused-ring (bicyclic) bond motifs is 1. The number of thioether (sulfide) groups is 1. The summed E-state index contributed by atoms with van der Waals surface area (Å²) in [6.07, 6.45) is 0.112. The summed E-state index contributed by atoms with van der Waals surface area (Å²) >= 11 is 1.58. The molecule has 0 radical (unpaired) electrons. The molecule has 138 valence electrons. The number of benzene rings is 1. The monoisotopic (exact) mass is 384 g/mol. The fourth-order valence-corrected chi connectivity index (χ4v) is 3.10. The van der Waals surface area contributed by atoms with Crippen molar-refractivity contribution < 1.29 is 22.3 Å². The highest BCUT2D eigenvalue weighted by molar-refractivity contribution is 7.97. The van der Waals surface area contributed by atoms with Crippen molar-refractivity contribution in [1.29, 1.82) is 0 Å². The van der Waals surface area contributed by atoms with E-state index in [0.29, 0.717) is 16.9 Å². The summed E-state index contributed by atoms with van der Waals surface area (Å²) in [5.74, 6) is 0.737. The van der Waals surface area contributed by atoms with Gasteiger partial charge in [-0.3, -0.25) is 4.79 Å². The molecule has 0 aliphatic carbocycles. The molecule has 2 heterocycles. The van der Waals surface area contributed by atoms with Gasteiger partial charge in [0.25, 0.3) is 5.56 Å². The SMILES string of the molecule is CSCc1ccc(OCC(F)(F)F)c(-c2cn(C)c(=O)c3ncoc23)c1. The summed E-state index contributed by atoms with van der Waals surface area (Å²) in [5, 5.41) is 0. The average Bonchev–Trinajstić information content (AvgIpc) is 3.06. The minimum absolute atomic E-state index is 0.0588. The summed E-state index contributed by atoms with van der Waals surface area (Å²) in [6.45, 7) is -1.41. The molecule has 0 saturated heterocycles. The van der Waals surface area contributed by atoms with E-state index in [1.807, 2.05) is 6.26 Å². The molecule has 0 spiro atoms. The van der Waals surface area contributed by atoms with Crippen molar-refractivity contribution in [2.75, 3.05) is 12.9 Å². The third-order valence-electron chi connectivity index (χ3n) is 3.69. The zero-order valence-electron chi connectivity index (χ0n) is 14.0. The minimum atomic E-state index is -4.46. The molecular weight excluding hydrogens is 369 g/mol. The molecule has 0 bridgehead atoms. The van der Waals surface area contributed by atoms with E-state index < -0.39 is 12.8 Å². The van der Waals surface area contributed by atoms with Crippen molar-refractivity contribution in [3.05, 3.63) is 46.7 Å². The first-order valence-corrected chi connectivity index (χ1v) is 8.94. The van der Waals surface area contributed by atoms with Crippen LogP contribution in [-0.4, -0.2) is 28.6 Å². The van der Waals surface area contributed by atoms with Crippen molar-refractivity contribution >= 4 is 22.9 Å². The van der Waals surface area contributed by atoms with Crippen LogP contribution >= 0.6 is 11.8 Å². The van der Waals surface area contributed by atoms with E-state index >= 15 is 0 Å². The summed E-state index contributed by atoms with van der Waals surface area (Å²) < 4.78 is 49.4. The lowest BCUT2D eigenvalue weighted by atomic mass is 10.0. The second-order valence-corrected chi connectivity index (χ2v) is 6.52. The van der Waals surface area contributed by atoms with Gasteiger partial charge in [-0.05, 0) is 24.0 Å². The molecule has 3 rings (SSSR count). The molecule has 0 unspecified atom stereocenters. The number of ether oxygens (including phenoxy) is 1. The Hall–Kier alpha value is -2.42. The molecular formula is C17H15F3N2O3S. The number of nitrogens with zero attached hydrogens (tertiary/aromatic N) is 2. The number of alkyl halides is 3. The highest BCUT2D eigenvalue weighted by Gasteiger charge is 2.29. The van der Waals surface area contributed by atoms with Crippen molar-refractivity contribution in [2.24, 2.45) is 7.05 Å². The number of oxazole rings is 1. The van der Waals surface area contributed by atoms with Gasteiger partial charge in [-0.15, -0.1) is 0 Å². The standard InChI is InChI=1S/C17H15F3N2O3S/c1-22-6-12(15-14(16(22)23)21-9-25-15)11-5-10(7-26-2)3-4-13(11)24-8-17(18,19)20/h3-6,9H,7-8H2,1-2H3. The van der Waals surface area contributed by atoms with Crippen molar-refractivity contribution in [1.82, 2.24) is 9.55 Å². The quantitative estimate of drug-likeness (QED) is 0.666. The van der Waals surface area contributed by atoms with Crippen LogP contribution in [0.2, 0.25) is 0 Å². The van der Waals surface area contributed by atoms with Gasteiger partial charge in [0.2, 0.25) is 0 Å². The summed E-state index contributed by atoms with van der Waals surface area (Å²) in [5.41, 5.74) is 1.75. The van der Waals surface area contributed by atoms with Crippen LogP contribution < -0.4 is 10.3 Å². The number of halogens is 3. The van der Waals surface area contributed by atoms with Gasteiger partial charge in [-0.1, -0.05) is 6.07 Å². The van der Waals surface area contributed by atoms with Crippen LogP contribution in [0.4, 0.5) is 13.2 Å². The predicted octanol–water partition coefficient (Wildman–Crippen LogP) is 4.00. The predicted molar refractivity (Wildman–Crippen MR) is 93.5 cm³/mol. The minimum Gasteiger partial charge on any atom is -0.483 e. The van der Waals surface area contributed by atoms with Crippen molar-refractivity contribution in [2.45, 2.75) is 11.9 Å². The fraction of sp³-hybridized carbons (Fsp3) is 0.294. The van der Waals surface area contributed by atoms with E-state index in [1.54, 1.807) is 30.9 Å². The summed E-state index contributed by atoms with van der Waals surface area (Å²) in [7, 11) is 1.54. The van der Waals surface area contributed by atoms with Gasteiger partial charge in [0.05, 0.1) is 0 Å². The number of aromatic nitrogens is 2. The Kier molecular flexibility index (Phi) is 4.99. The Morgan fingerprint density at radius 3 is 2.77 bits per heavy atom. The molecule has 0 saturated carbocycles. The van der Waals surface area contributed by atoms with Gasteiger partial charge in [-0.2, -0.15) is 24.9 Å². The molecule has 0 aliphatic heterocycles. The Labute approximate surface area is 150 Å². The van der Waals surface area contributed by atoms with Crippen molar-refractivity contribution in [3.63, 3.8) is 0 Å². The van der Waals surface area contributed by atoms with Crippen LogP contribution in [0.5, 0.6) is 5.75 Å². The Balaban J connectivity index is 2.18. The van der Waals surface area contributed by atoms with Crippen LogP contribution in [0.3, 0.4) is 0 Å². The topological polar surface area (TPSA) is 57.3 Å². The van der Waals surface area contributed by atoms with Crippen LogP contribution in [0.25, 0.3) is 22.2 Å². The summed E-state index contributed by atoms with van der Waals surface area (Å²) in [4.78, 5) is 16.1. The second-order valence-electron chi connectivity index (χ2n) is 5.66. The molecule has 0 atom stereocenters. The number of rotatable bonds is 5. The molecule has 2 aromatic heterocycles. The number of aryl methyl sites for hydroxylation is 1. The molecule has 3 aromatic rings. The molecule has 9 heteroatoms. The highest BCUT2D eigenvalue weighted by Crippen LogP contribution is 2.36. The van der Waals surface area contributed by atoms with E-state index in [9.17, 15) is 18.0 Å².